The van der Waals surface area contributed by atoms with E-state index in [2.05, 4.69) is 15.4 Å². The van der Waals surface area contributed by atoms with Gasteiger partial charge in [-0.05, 0) is 24.5 Å². The maximum atomic E-state index is 14.8. The third-order valence-corrected chi connectivity index (χ3v) is 6.47. The molecule has 32 heavy (non-hydrogen) atoms. The van der Waals surface area contributed by atoms with E-state index in [9.17, 15) is 19.3 Å². The van der Waals surface area contributed by atoms with Crippen molar-refractivity contribution in [1.82, 2.24) is 14.8 Å². The maximum absolute atomic E-state index is 14.8. The van der Waals surface area contributed by atoms with Crippen molar-refractivity contribution in [3.63, 3.8) is 0 Å². The van der Waals surface area contributed by atoms with E-state index in [1.54, 1.807) is 35.0 Å². The van der Waals surface area contributed by atoms with Crippen LogP contribution >= 0.6 is 11.8 Å². The van der Waals surface area contributed by atoms with Crippen LogP contribution in [-0.4, -0.2) is 25.5 Å². The number of carbonyl (C=O) groups excluding carboxylic acids is 1. The number of fused-ring (bicyclic) bond motifs is 1. The Morgan fingerprint density at radius 2 is 1.97 bits per heavy atom. The highest BCUT2D eigenvalue weighted by Crippen LogP contribution is 2.41. The second-order valence-electron chi connectivity index (χ2n) is 7.59. The molecule has 0 saturated heterocycles. The molecule has 10 heteroatoms. The highest BCUT2D eigenvalue weighted by Gasteiger charge is 2.37. The monoisotopic (exact) mass is 451 g/mol. The Morgan fingerprint density at radius 1 is 1.19 bits per heavy atom. The minimum absolute atomic E-state index is 0.00626. The van der Waals surface area contributed by atoms with Gasteiger partial charge in [-0.2, -0.15) is 4.98 Å². The van der Waals surface area contributed by atoms with Gasteiger partial charge in [-0.1, -0.05) is 42.1 Å². The quantitative estimate of drug-likeness (QED) is 0.342. The summed E-state index contributed by atoms with van der Waals surface area (Å²) < 4.78 is 16.3. The van der Waals surface area contributed by atoms with Crippen LogP contribution in [0.4, 0.5) is 16.0 Å². The molecule has 2 heterocycles. The summed E-state index contributed by atoms with van der Waals surface area (Å²) in [6.07, 6.45) is 1.87. The molecule has 0 spiro atoms. The number of benzene rings is 2. The second-order valence-corrected chi connectivity index (χ2v) is 8.54. The Morgan fingerprint density at radius 3 is 2.72 bits per heavy atom. The Bertz CT molecular complexity index is 1250. The molecule has 2 aromatic carbocycles. The van der Waals surface area contributed by atoms with Gasteiger partial charge in [0.2, 0.25) is 11.1 Å². The fraction of sp³-hybridized carbons (Fsp3) is 0.227. The van der Waals surface area contributed by atoms with Crippen molar-refractivity contribution in [1.29, 1.82) is 0 Å². The third-order valence-electron chi connectivity index (χ3n) is 5.56. The number of non-ortho nitro benzene ring substituents is 1. The summed E-state index contributed by atoms with van der Waals surface area (Å²) in [6.45, 7) is 0. The van der Waals surface area contributed by atoms with Crippen molar-refractivity contribution in [2.45, 2.75) is 36.2 Å². The zero-order valence-corrected chi connectivity index (χ0v) is 17.6. The van der Waals surface area contributed by atoms with Crippen molar-refractivity contribution in [3.05, 3.63) is 86.9 Å². The third kappa shape index (κ3) is 3.66. The van der Waals surface area contributed by atoms with Crippen molar-refractivity contribution >= 4 is 29.2 Å². The lowest BCUT2D eigenvalue weighted by Crippen LogP contribution is -2.32. The molecule has 0 unspecified atom stereocenters. The van der Waals surface area contributed by atoms with Crippen LogP contribution in [-0.2, 0) is 10.5 Å². The normalized spacial score (nSPS) is 17.5. The number of hydrogen-bond acceptors (Lipinski definition) is 7. The lowest BCUT2D eigenvalue weighted by Gasteiger charge is -2.32. The molecule has 8 nitrogen and oxygen atoms in total. The molecule has 162 valence electrons. The molecule has 5 rings (SSSR count). The molecule has 0 bridgehead atoms. The number of nitrogens with zero attached hydrogens (tertiary/aromatic N) is 4. The number of thioether (sulfide) groups is 1. The summed E-state index contributed by atoms with van der Waals surface area (Å²) >= 11 is 1.37. The van der Waals surface area contributed by atoms with E-state index in [1.165, 1.54) is 30.0 Å². The smallest absolute Gasteiger partial charge is 0.269 e. The first-order valence-electron chi connectivity index (χ1n) is 10.1. The SMILES string of the molecule is O=C1CCCC2=C1[C@@H](c1ccccc1F)n1nc(SCc3ccc([N+](=O)[O-])cc3)nc1N2. The number of allylic oxidation sites excluding steroid dienone is 2. The van der Waals surface area contributed by atoms with Gasteiger partial charge in [-0.25, -0.2) is 9.07 Å². The Kier molecular flexibility index (Phi) is 5.22. The summed E-state index contributed by atoms with van der Waals surface area (Å²) in [4.78, 5) is 27.7. The molecule has 3 aromatic rings. The predicted molar refractivity (Wildman–Crippen MR) is 117 cm³/mol. The predicted octanol–water partition coefficient (Wildman–Crippen LogP) is 4.64. The summed E-state index contributed by atoms with van der Waals surface area (Å²) in [7, 11) is 0. The van der Waals surface area contributed by atoms with Crippen molar-refractivity contribution in [3.8, 4) is 0 Å². The van der Waals surface area contributed by atoms with Gasteiger partial charge < -0.3 is 5.32 Å². The minimum Gasteiger partial charge on any atom is -0.328 e. The number of nitro groups is 1. The van der Waals surface area contributed by atoms with Gasteiger partial charge in [-0.3, -0.25) is 14.9 Å². The molecule has 1 aliphatic carbocycles. The molecular formula is C22H18FN5O3S. The number of nitro benzene ring substituents is 1. The molecule has 1 atom stereocenters. The molecule has 0 amide bonds. The van der Waals surface area contributed by atoms with E-state index < -0.39 is 16.8 Å². The number of hydrogen-bond donors (Lipinski definition) is 1. The zero-order valence-electron chi connectivity index (χ0n) is 16.8. The van der Waals surface area contributed by atoms with Crippen LogP contribution in [0.1, 0.15) is 36.4 Å². The number of ketones is 1. The van der Waals surface area contributed by atoms with Gasteiger partial charge in [0.15, 0.2) is 5.78 Å². The second kappa shape index (κ2) is 8.19. The van der Waals surface area contributed by atoms with Gasteiger partial charge in [0.1, 0.15) is 11.9 Å². The van der Waals surface area contributed by atoms with Crippen LogP contribution in [0, 0.1) is 15.9 Å². The summed E-state index contributed by atoms with van der Waals surface area (Å²) in [5.41, 5.74) is 2.63. The van der Waals surface area contributed by atoms with E-state index >= 15 is 0 Å². The largest absolute Gasteiger partial charge is 0.328 e. The number of Topliss-reactive ketones (excluding diaryl/α,β-unsaturated/α-hetero) is 1. The summed E-state index contributed by atoms with van der Waals surface area (Å²) in [5, 5.41) is 19.1. The Balaban J connectivity index is 1.46. The zero-order chi connectivity index (χ0) is 22.2. The molecule has 2 aliphatic rings. The highest BCUT2D eigenvalue weighted by atomic mass is 32.2. The fourth-order valence-corrected chi connectivity index (χ4v) is 4.83. The summed E-state index contributed by atoms with van der Waals surface area (Å²) in [6, 6.07) is 12.1. The average molecular weight is 451 g/mol. The topological polar surface area (TPSA) is 103 Å². The van der Waals surface area contributed by atoms with Gasteiger partial charge in [0.05, 0.1) is 4.92 Å². The molecule has 1 N–H and O–H groups in total. The first-order valence-corrected chi connectivity index (χ1v) is 11.1. The van der Waals surface area contributed by atoms with Crippen LogP contribution in [0.3, 0.4) is 0 Å². The first-order chi connectivity index (χ1) is 15.5. The van der Waals surface area contributed by atoms with Gasteiger partial charge in [-0.15, -0.1) is 5.10 Å². The Hall–Kier alpha value is -3.53. The van der Waals surface area contributed by atoms with Crippen molar-refractivity contribution in [2.24, 2.45) is 0 Å². The number of halogens is 1. The number of aromatic nitrogens is 3. The average Bonchev–Trinajstić information content (AvgIpc) is 3.20. The number of nitrogens with one attached hydrogen (secondary N) is 1. The molecule has 0 radical (unpaired) electrons. The standard InChI is InChI=1S/C22H18FN5O3S/c23-16-5-2-1-4-15(16)20-19-17(6-3-7-18(19)29)24-21-25-22(26-27(20)21)32-12-13-8-10-14(11-9-13)28(30)31/h1-2,4-5,8-11,20H,3,6-7,12H2,(H,24,25,26)/t20-/m1/s1. The van der Waals surface area contributed by atoms with Crippen molar-refractivity contribution < 1.29 is 14.1 Å². The van der Waals surface area contributed by atoms with E-state index in [4.69, 9.17) is 0 Å². The Labute approximate surface area is 186 Å². The van der Waals surface area contributed by atoms with Crippen LogP contribution in [0.25, 0.3) is 0 Å². The molecule has 0 fully saturated rings. The molecular weight excluding hydrogens is 433 g/mol. The van der Waals surface area contributed by atoms with Crippen LogP contribution in [0.15, 0.2) is 65.0 Å². The highest BCUT2D eigenvalue weighted by molar-refractivity contribution is 7.98. The van der Waals surface area contributed by atoms with Gasteiger partial charge in [0, 0.05) is 41.1 Å². The fourth-order valence-electron chi connectivity index (χ4n) is 4.04. The van der Waals surface area contributed by atoms with E-state index in [1.807, 2.05) is 0 Å². The molecule has 1 aliphatic heterocycles. The summed E-state index contributed by atoms with van der Waals surface area (Å²) in [5.74, 6) is 0.579. The lowest BCUT2D eigenvalue weighted by atomic mass is 9.85. The number of rotatable bonds is 5. The maximum Gasteiger partial charge on any atom is 0.269 e. The molecule has 1 aromatic heterocycles. The minimum atomic E-state index is -0.670. The first kappa shape index (κ1) is 20.4. The lowest BCUT2D eigenvalue weighted by molar-refractivity contribution is -0.384. The number of anilines is 1. The van der Waals surface area contributed by atoms with Crippen LogP contribution in [0.5, 0.6) is 0 Å². The van der Waals surface area contributed by atoms with E-state index in [-0.39, 0.29) is 11.5 Å². The van der Waals surface area contributed by atoms with Crippen LogP contribution < -0.4 is 5.32 Å². The van der Waals surface area contributed by atoms with Gasteiger partial charge >= 0.3 is 0 Å². The van der Waals surface area contributed by atoms with Gasteiger partial charge in [0.25, 0.3) is 5.69 Å². The van der Waals surface area contributed by atoms with Crippen LogP contribution in [0.2, 0.25) is 0 Å². The van der Waals surface area contributed by atoms with E-state index in [0.29, 0.717) is 40.8 Å². The van der Waals surface area contributed by atoms with E-state index in [0.717, 1.165) is 17.7 Å². The molecule has 0 saturated carbocycles. The van der Waals surface area contributed by atoms with Crippen molar-refractivity contribution in [2.75, 3.05) is 5.32 Å². The number of carbonyl (C=O) groups is 1.